The first-order chi connectivity index (χ1) is 15.1. The summed E-state index contributed by atoms with van der Waals surface area (Å²) in [5, 5.41) is 3.06. The molecule has 0 atom stereocenters. The van der Waals surface area contributed by atoms with Crippen molar-refractivity contribution in [2.45, 2.75) is 44.9 Å². The zero-order chi connectivity index (χ0) is 22.1. The Morgan fingerprint density at radius 3 is 2.42 bits per heavy atom. The molecule has 1 aliphatic heterocycles. The molecule has 1 saturated heterocycles. The van der Waals surface area contributed by atoms with Gasteiger partial charge in [0.05, 0.1) is 13.2 Å². The average Bonchev–Trinajstić information content (AvgIpc) is 2.80. The maximum absolute atomic E-state index is 13.9. The maximum atomic E-state index is 13.9. The van der Waals surface area contributed by atoms with Crippen LogP contribution in [0.15, 0.2) is 42.5 Å². The molecule has 6 heteroatoms. The summed E-state index contributed by atoms with van der Waals surface area (Å²) >= 11 is 0. The molecule has 1 fully saturated rings. The second-order valence-corrected chi connectivity index (χ2v) is 7.94. The molecule has 1 N–H and O–H groups in total. The number of rotatable bonds is 10. The Balaban J connectivity index is 1.76. The van der Waals surface area contributed by atoms with Crippen LogP contribution in [0.5, 0.6) is 11.5 Å². The van der Waals surface area contributed by atoms with Crippen LogP contribution in [0.2, 0.25) is 0 Å². The summed E-state index contributed by atoms with van der Waals surface area (Å²) in [5.74, 6) is 0.766. The predicted octanol–water partition coefficient (Wildman–Crippen LogP) is 4.88. The third kappa shape index (κ3) is 5.97. The predicted molar refractivity (Wildman–Crippen MR) is 118 cm³/mol. The number of hydrogen-bond donors (Lipinski definition) is 1. The van der Waals surface area contributed by atoms with E-state index in [-0.39, 0.29) is 17.1 Å². The zero-order valence-corrected chi connectivity index (χ0v) is 18.4. The van der Waals surface area contributed by atoms with Crippen molar-refractivity contribution in [1.29, 1.82) is 0 Å². The van der Waals surface area contributed by atoms with E-state index in [1.54, 1.807) is 30.3 Å². The highest BCUT2D eigenvalue weighted by atomic mass is 19.1. The third-order valence-electron chi connectivity index (χ3n) is 5.60. The Labute approximate surface area is 183 Å². The molecule has 0 bridgehead atoms. The van der Waals surface area contributed by atoms with E-state index in [4.69, 9.17) is 14.2 Å². The first-order valence-electron chi connectivity index (χ1n) is 11.1. The zero-order valence-electron chi connectivity index (χ0n) is 18.4. The van der Waals surface area contributed by atoms with Gasteiger partial charge in [0, 0.05) is 30.7 Å². The lowest BCUT2D eigenvalue weighted by Gasteiger charge is -2.38. The minimum atomic E-state index is -0.346. The Morgan fingerprint density at radius 2 is 1.74 bits per heavy atom. The van der Waals surface area contributed by atoms with Crippen molar-refractivity contribution >= 4 is 5.91 Å². The van der Waals surface area contributed by atoms with Crippen molar-refractivity contribution in [2.24, 2.45) is 0 Å². The number of nitrogens with one attached hydrogen (secondary N) is 1. The fraction of sp³-hybridized carbons (Fsp3) is 0.480. The summed E-state index contributed by atoms with van der Waals surface area (Å²) in [6.45, 7) is 6.80. The number of benzene rings is 2. The topological polar surface area (TPSA) is 56.8 Å². The van der Waals surface area contributed by atoms with E-state index < -0.39 is 0 Å². The molecule has 1 aliphatic rings. The van der Waals surface area contributed by atoms with Crippen LogP contribution in [0.1, 0.15) is 55.5 Å². The third-order valence-corrected chi connectivity index (χ3v) is 5.60. The van der Waals surface area contributed by atoms with E-state index in [1.165, 1.54) is 6.07 Å². The van der Waals surface area contributed by atoms with Gasteiger partial charge in [-0.15, -0.1) is 0 Å². The molecule has 0 radical (unpaired) electrons. The van der Waals surface area contributed by atoms with Crippen molar-refractivity contribution in [2.75, 3.05) is 33.0 Å². The first-order valence-corrected chi connectivity index (χ1v) is 11.1. The van der Waals surface area contributed by atoms with Crippen molar-refractivity contribution in [3.8, 4) is 11.5 Å². The summed E-state index contributed by atoms with van der Waals surface area (Å²) in [4.78, 5) is 13.0. The Morgan fingerprint density at radius 1 is 1.03 bits per heavy atom. The van der Waals surface area contributed by atoms with Crippen LogP contribution in [0.25, 0.3) is 0 Å². The van der Waals surface area contributed by atoms with Gasteiger partial charge in [0.15, 0.2) is 11.5 Å². The van der Waals surface area contributed by atoms with Gasteiger partial charge in [0.1, 0.15) is 5.82 Å². The van der Waals surface area contributed by atoms with E-state index in [9.17, 15) is 9.18 Å². The molecule has 0 aromatic heterocycles. The van der Waals surface area contributed by atoms with Crippen LogP contribution in [0.4, 0.5) is 4.39 Å². The van der Waals surface area contributed by atoms with Crippen molar-refractivity contribution < 1.29 is 23.4 Å². The molecule has 0 saturated carbocycles. The molecule has 31 heavy (non-hydrogen) atoms. The fourth-order valence-electron chi connectivity index (χ4n) is 3.80. The molecule has 168 valence electrons. The number of carbonyl (C=O) groups excluding carboxylic acids is 1. The molecule has 0 spiro atoms. The SMILES string of the molecule is CCCOc1ccc(C(=O)NCC2(c3cccc(F)c3)CCOCC2)cc1OCCC. The summed E-state index contributed by atoms with van der Waals surface area (Å²) in [7, 11) is 0. The minimum absolute atomic E-state index is 0.189. The Kier molecular flexibility index (Phi) is 8.29. The van der Waals surface area contributed by atoms with E-state index >= 15 is 0 Å². The number of hydrogen-bond acceptors (Lipinski definition) is 4. The average molecular weight is 430 g/mol. The van der Waals surface area contributed by atoms with Crippen LogP contribution in [-0.4, -0.2) is 38.9 Å². The van der Waals surface area contributed by atoms with Gasteiger partial charge in [0.2, 0.25) is 0 Å². The highest BCUT2D eigenvalue weighted by Crippen LogP contribution is 2.35. The molecule has 2 aromatic rings. The summed E-state index contributed by atoms with van der Waals surface area (Å²) in [6, 6.07) is 11.9. The van der Waals surface area contributed by atoms with Crippen molar-refractivity contribution in [1.82, 2.24) is 5.32 Å². The smallest absolute Gasteiger partial charge is 0.251 e. The van der Waals surface area contributed by atoms with Gasteiger partial charge in [0.25, 0.3) is 5.91 Å². The monoisotopic (exact) mass is 429 g/mol. The van der Waals surface area contributed by atoms with E-state index in [0.29, 0.717) is 50.0 Å². The van der Waals surface area contributed by atoms with Crippen LogP contribution < -0.4 is 14.8 Å². The molecule has 0 unspecified atom stereocenters. The number of halogens is 1. The largest absolute Gasteiger partial charge is 0.490 e. The molecule has 1 heterocycles. The van der Waals surface area contributed by atoms with Crippen LogP contribution in [-0.2, 0) is 10.2 Å². The van der Waals surface area contributed by atoms with E-state index in [2.05, 4.69) is 5.32 Å². The van der Waals surface area contributed by atoms with Gasteiger partial charge >= 0.3 is 0 Å². The lowest BCUT2D eigenvalue weighted by molar-refractivity contribution is 0.0486. The van der Waals surface area contributed by atoms with Crippen molar-refractivity contribution in [3.05, 3.63) is 59.4 Å². The number of ether oxygens (including phenoxy) is 3. The molecular weight excluding hydrogens is 397 g/mol. The molecular formula is C25H32FNO4. The van der Waals surface area contributed by atoms with Gasteiger partial charge in [-0.1, -0.05) is 26.0 Å². The lowest BCUT2D eigenvalue weighted by Crippen LogP contribution is -2.44. The van der Waals surface area contributed by atoms with Gasteiger partial charge in [-0.05, 0) is 61.6 Å². The molecule has 3 rings (SSSR count). The van der Waals surface area contributed by atoms with Crippen LogP contribution >= 0.6 is 0 Å². The Bertz CT molecular complexity index is 864. The number of amides is 1. The fourth-order valence-corrected chi connectivity index (χ4v) is 3.80. The Hall–Kier alpha value is -2.60. The quantitative estimate of drug-likeness (QED) is 0.585. The second kappa shape index (κ2) is 11.1. The van der Waals surface area contributed by atoms with Gasteiger partial charge in [-0.25, -0.2) is 4.39 Å². The highest BCUT2D eigenvalue weighted by Gasteiger charge is 2.35. The van der Waals surface area contributed by atoms with Gasteiger partial charge in [-0.3, -0.25) is 4.79 Å². The summed E-state index contributed by atoms with van der Waals surface area (Å²) in [6.07, 6.45) is 3.21. The van der Waals surface area contributed by atoms with E-state index in [1.807, 2.05) is 19.9 Å². The molecule has 5 nitrogen and oxygen atoms in total. The van der Waals surface area contributed by atoms with Gasteiger partial charge < -0.3 is 19.5 Å². The van der Waals surface area contributed by atoms with Crippen LogP contribution in [0.3, 0.4) is 0 Å². The number of carbonyl (C=O) groups is 1. The molecule has 2 aromatic carbocycles. The normalized spacial score (nSPS) is 15.3. The summed E-state index contributed by atoms with van der Waals surface area (Å²) in [5.41, 5.74) is 1.06. The van der Waals surface area contributed by atoms with Crippen LogP contribution in [0, 0.1) is 5.82 Å². The first kappa shape index (κ1) is 23.1. The summed E-state index contributed by atoms with van der Waals surface area (Å²) < 4.78 is 31.0. The molecule has 0 aliphatic carbocycles. The maximum Gasteiger partial charge on any atom is 0.251 e. The van der Waals surface area contributed by atoms with Crippen molar-refractivity contribution in [3.63, 3.8) is 0 Å². The highest BCUT2D eigenvalue weighted by molar-refractivity contribution is 5.95. The van der Waals surface area contributed by atoms with Gasteiger partial charge in [-0.2, -0.15) is 0 Å². The molecule has 1 amide bonds. The lowest BCUT2D eigenvalue weighted by atomic mass is 9.74. The minimum Gasteiger partial charge on any atom is -0.490 e. The standard InChI is InChI=1S/C25H32FNO4/c1-3-12-30-22-9-8-19(16-23(22)31-13-4-2)24(28)27-18-25(10-14-29-15-11-25)20-6-5-7-21(26)17-20/h5-9,16-17H,3-4,10-15,18H2,1-2H3,(H,27,28). The second-order valence-electron chi connectivity index (χ2n) is 7.94. The van der Waals surface area contributed by atoms with E-state index in [0.717, 1.165) is 31.2 Å².